The minimum atomic E-state index is 1.06. The largest absolute Gasteiger partial charge is 0.386 e. The molecule has 2 nitrogen and oxygen atoms in total. The molecule has 3 heteroatoms. The monoisotopic (exact) mass is 151 g/mol. The van der Waals surface area contributed by atoms with E-state index in [9.17, 15) is 0 Å². The Balaban J connectivity index is 2.95. The van der Waals surface area contributed by atoms with Gasteiger partial charge in [0.15, 0.2) is 0 Å². The van der Waals surface area contributed by atoms with Crippen LogP contribution >= 0.6 is 11.3 Å². The number of nitrogens with zero attached hydrogens (tertiary/aromatic N) is 2. The first-order chi connectivity index (χ1) is 4.88. The van der Waals surface area contributed by atoms with Crippen molar-refractivity contribution in [2.45, 2.75) is 6.92 Å². The second-order valence-electron chi connectivity index (χ2n) is 2.14. The molecule has 2 heterocycles. The zero-order valence-electron chi connectivity index (χ0n) is 5.61. The van der Waals surface area contributed by atoms with Crippen LogP contribution in [0.3, 0.4) is 0 Å². The Morgan fingerprint density at radius 1 is 1.60 bits per heavy atom. The quantitative estimate of drug-likeness (QED) is 0.517. The van der Waals surface area contributed by atoms with E-state index in [0.717, 1.165) is 4.96 Å². The summed E-state index contributed by atoms with van der Waals surface area (Å²) >= 11 is 1.65. The van der Waals surface area contributed by atoms with E-state index in [0.29, 0.717) is 0 Å². The number of rotatable bonds is 0. The number of aryl methyl sites for hydroxylation is 1. The molecule has 50 valence electrons. The molecule has 0 amide bonds. The van der Waals surface area contributed by atoms with Gasteiger partial charge in [-0.15, -0.1) is 0 Å². The van der Waals surface area contributed by atoms with Crippen LogP contribution in [-0.4, -0.2) is 4.98 Å². The van der Waals surface area contributed by atoms with Gasteiger partial charge in [-0.3, -0.25) is 0 Å². The van der Waals surface area contributed by atoms with Gasteiger partial charge in [0.25, 0.3) is 0 Å². The van der Waals surface area contributed by atoms with Gasteiger partial charge in [-0.1, -0.05) is 11.3 Å². The van der Waals surface area contributed by atoms with E-state index >= 15 is 0 Å². The first-order valence-electron chi connectivity index (χ1n) is 3.08. The summed E-state index contributed by atoms with van der Waals surface area (Å²) in [5, 5.41) is 2.04. The Bertz CT molecular complexity index is 353. The second-order valence-corrected chi connectivity index (χ2v) is 3.01. The summed E-state index contributed by atoms with van der Waals surface area (Å²) in [6, 6.07) is 2.00. The van der Waals surface area contributed by atoms with Crippen molar-refractivity contribution in [3.8, 4) is 0 Å². The van der Waals surface area contributed by atoms with Gasteiger partial charge in [-0.25, -0.2) is 0 Å². The van der Waals surface area contributed by atoms with Gasteiger partial charge in [-0.05, 0) is 11.9 Å². The number of thiazole rings is 1. The van der Waals surface area contributed by atoms with Gasteiger partial charge in [0.05, 0.1) is 0 Å². The molecular formula is C7H7N2S+. The van der Waals surface area contributed by atoms with E-state index in [2.05, 4.69) is 16.3 Å². The predicted molar refractivity (Wildman–Crippen MR) is 40.0 cm³/mol. The fraction of sp³-hybridized carbons (Fsp3) is 0.143. The fourth-order valence-electron chi connectivity index (χ4n) is 0.923. The Morgan fingerprint density at radius 3 is 3.30 bits per heavy atom. The number of hydrogen-bond donors (Lipinski definition) is 0. The summed E-state index contributed by atoms with van der Waals surface area (Å²) in [5.41, 5.74) is 1.23. The van der Waals surface area contributed by atoms with Crippen LogP contribution in [0.15, 0.2) is 23.8 Å². The van der Waals surface area contributed by atoms with Gasteiger partial charge in [-0.2, -0.15) is 4.40 Å². The molecule has 0 aromatic carbocycles. The molecule has 0 bridgehead atoms. The zero-order chi connectivity index (χ0) is 6.97. The van der Waals surface area contributed by atoms with Crippen molar-refractivity contribution in [2.24, 2.45) is 0 Å². The second kappa shape index (κ2) is 2.02. The lowest BCUT2D eigenvalue weighted by atomic mass is 10.4. The maximum Gasteiger partial charge on any atom is 0.386 e. The summed E-state index contributed by atoms with van der Waals surface area (Å²) in [6.45, 7) is 2.07. The first kappa shape index (κ1) is 5.80. The van der Waals surface area contributed by atoms with Crippen LogP contribution in [0.4, 0.5) is 0 Å². The highest BCUT2D eigenvalue weighted by Gasteiger charge is 2.04. The Labute approximate surface area is 62.8 Å². The van der Waals surface area contributed by atoms with Crippen LogP contribution in [0.5, 0.6) is 0 Å². The Hall–Kier alpha value is -0.960. The normalized spacial score (nSPS) is 10.5. The number of aromatic nitrogens is 2. The van der Waals surface area contributed by atoms with Crippen molar-refractivity contribution in [1.82, 2.24) is 4.98 Å². The van der Waals surface area contributed by atoms with E-state index in [1.807, 2.05) is 23.8 Å². The van der Waals surface area contributed by atoms with Crippen LogP contribution in [0.2, 0.25) is 0 Å². The van der Waals surface area contributed by atoms with Crippen molar-refractivity contribution in [2.75, 3.05) is 0 Å². The van der Waals surface area contributed by atoms with Gasteiger partial charge in [0.1, 0.15) is 18.1 Å². The van der Waals surface area contributed by atoms with E-state index < -0.39 is 0 Å². The van der Waals surface area contributed by atoms with Crippen LogP contribution in [0, 0.1) is 6.92 Å². The van der Waals surface area contributed by atoms with E-state index in [4.69, 9.17) is 0 Å². The average Bonchev–Trinajstić information content (AvgIpc) is 2.36. The maximum atomic E-state index is 4.18. The van der Waals surface area contributed by atoms with Crippen LogP contribution in [-0.2, 0) is 0 Å². The smallest absolute Gasteiger partial charge is 0.190 e. The third kappa shape index (κ3) is 0.708. The van der Waals surface area contributed by atoms with Gasteiger partial charge in [0.2, 0.25) is 0 Å². The van der Waals surface area contributed by atoms with E-state index in [1.165, 1.54) is 5.69 Å². The highest BCUT2D eigenvalue weighted by molar-refractivity contribution is 7.14. The molecule has 0 saturated heterocycles. The maximum absolute atomic E-state index is 4.18. The molecule has 0 aliphatic heterocycles. The van der Waals surface area contributed by atoms with Gasteiger partial charge in [0, 0.05) is 11.4 Å². The van der Waals surface area contributed by atoms with E-state index in [-0.39, 0.29) is 0 Å². The molecule has 2 rings (SSSR count). The number of hydrogen-bond acceptors (Lipinski definition) is 2. The highest BCUT2D eigenvalue weighted by atomic mass is 32.1. The molecule has 0 aliphatic carbocycles. The Kier molecular flexibility index (Phi) is 1.17. The lowest BCUT2D eigenvalue weighted by Crippen LogP contribution is -2.22. The average molecular weight is 151 g/mol. The lowest BCUT2D eigenvalue weighted by molar-refractivity contribution is -0.517. The third-order valence-corrected chi connectivity index (χ3v) is 2.24. The van der Waals surface area contributed by atoms with E-state index in [1.54, 1.807) is 11.3 Å². The van der Waals surface area contributed by atoms with Crippen molar-refractivity contribution in [3.63, 3.8) is 0 Å². The summed E-state index contributed by atoms with van der Waals surface area (Å²) in [4.78, 5) is 5.24. The SMILES string of the molecule is Cc1ccnc2scc[n+]12. The molecule has 0 radical (unpaired) electrons. The van der Waals surface area contributed by atoms with Crippen molar-refractivity contribution >= 4 is 16.3 Å². The summed E-state index contributed by atoms with van der Waals surface area (Å²) < 4.78 is 2.07. The Morgan fingerprint density at radius 2 is 2.50 bits per heavy atom. The molecule has 0 saturated carbocycles. The molecule has 10 heavy (non-hydrogen) atoms. The van der Waals surface area contributed by atoms with Crippen molar-refractivity contribution in [3.05, 3.63) is 29.5 Å². The minimum Gasteiger partial charge on any atom is -0.190 e. The van der Waals surface area contributed by atoms with Gasteiger partial charge < -0.3 is 0 Å². The van der Waals surface area contributed by atoms with Gasteiger partial charge >= 0.3 is 4.96 Å². The zero-order valence-corrected chi connectivity index (χ0v) is 6.43. The molecule has 2 aromatic rings. The van der Waals surface area contributed by atoms with Crippen LogP contribution in [0.25, 0.3) is 4.96 Å². The predicted octanol–water partition coefficient (Wildman–Crippen LogP) is 1.19. The van der Waals surface area contributed by atoms with Crippen LogP contribution in [0.1, 0.15) is 5.69 Å². The standard InChI is InChI=1S/C7H7N2S/c1-6-2-3-8-7-9(6)4-5-10-7/h2-5H,1H3/q+1. The molecule has 2 aromatic heterocycles. The fourth-order valence-corrected chi connectivity index (χ4v) is 1.67. The molecule has 0 unspecified atom stereocenters. The summed E-state index contributed by atoms with van der Waals surface area (Å²) in [7, 11) is 0. The highest BCUT2D eigenvalue weighted by Crippen LogP contribution is 2.01. The molecular weight excluding hydrogens is 144 g/mol. The molecule has 0 spiro atoms. The molecule has 0 atom stereocenters. The lowest BCUT2D eigenvalue weighted by Gasteiger charge is -1.84. The first-order valence-corrected chi connectivity index (χ1v) is 3.96. The molecule has 0 aliphatic rings. The topological polar surface area (TPSA) is 17.0 Å². The minimum absolute atomic E-state index is 1.06. The summed E-state index contributed by atoms with van der Waals surface area (Å²) in [6.07, 6.45) is 3.86. The van der Waals surface area contributed by atoms with Crippen molar-refractivity contribution < 1.29 is 4.40 Å². The van der Waals surface area contributed by atoms with Crippen molar-refractivity contribution in [1.29, 1.82) is 0 Å². The summed E-state index contributed by atoms with van der Waals surface area (Å²) in [5.74, 6) is 0. The van der Waals surface area contributed by atoms with Crippen LogP contribution < -0.4 is 4.40 Å². The molecule has 0 fully saturated rings. The molecule has 0 N–H and O–H groups in total. The third-order valence-electron chi connectivity index (χ3n) is 1.47. The number of fused-ring (bicyclic) bond motifs is 1.